The minimum Gasteiger partial charge on any atom is -0.366 e. The van der Waals surface area contributed by atoms with Crippen LogP contribution < -0.4 is 10.6 Å². The van der Waals surface area contributed by atoms with Crippen molar-refractivity contribution in [3.05, 3.63) is 67.7 Å². The van der Waals surface area contributed by atoms with Crippen LogP contribution in [0.15, 0.2) is 40.9 Å². The van der Waals surface area contributed by atoms with Crippen molar-refractivity contribution in [2.75, 3.05) is 4.90 Å². The summed E-state index contributed by atoms with van der Waals surface area (Å²) in [5.41, 5.74) is 4.53. The molecule has 0 atom stereocenters. The van der Waals surface area contributed by atoms with E-state index in [1.54, 1.807) is 12.1 Å². The van der Waals surface area contributed by atoms with Crippen LogP contribution in [0, 0.1) is 10.1 Å². The van der Waals surface area contributed by atoms with E-state index in [0.29, 0.717) is 0 Å². The van der Waals surface area contributed by atoms with E-state index in [-0.39, 0.29) is 26.9 Å². The predicted molar refractivity (Wildman–Crippen MR) is 86.9 cm³/mol. The lowest BCUT2D eigenvalue weighted by Gasteiger charge is -2.16. The highest BCUT2D eigenvalue weighted by molar-refractivity contribution is 9.10. The summed E-state index contributed by atoms with van der Waals surface area (Å²) in [5, 5.41) is 11.4. The number of fused-ring (bicyclic) bond motifs is 1. The molecule has 0 aliphatic carbocycles. The minimum atomic E-state index is -0.868. The lowest BCUT2D eigenvalue weighted by molar-refractivity contribution is -0.384. The van der Waals surface area contributed by atoms with E-state index in [9.17, 15) is 24.5 Å². The zero-order valence-corrected chi connectivity index (χ0v) is 13.4. The summed E-state index contributed by atoms with van der Waals surface area (Å²) >= 11 is 3.09. The van der Waals surface area contributed by atoms with Crippen LogP contribution in [0.3, 0.4) is 0 Å². The van der Waals surface area contributed by atoms with Crippen molar-refractivity contribution in [3.8, 4) is 0 Å². The molecular formula is C15H8BrN3O5. The Morgan fingerprint density at radius 1 is 1.12 bits per heavy atom. The van der Waals surface area contributed by atoms with Gasteiger partial charge in [0, 0.05) is 16.1 Å². The van der Waals surface area contributed by atoms with E-state index in [0.717, 1.165) is 11.0 Å². The van der Waals surface area contributed by atoms with E-state index in [1.165, 1.54) is 18.2 Å². The van der Waals surface area contributed by atoms with Gasteiger partial charge in [0.25, 0.3) is 17.5 Å². The second-order valence-electron chi connectivity index (χ2n) is 4.94. The normalized spacial score (nSPS) is 13.1. The summed E-state index contributed by atoms with van der Waals surface area (Å²) in [6, 6.07) is 8.28. The number of anilines is 1. The SMILES string of the molecule is NC(=O)c1cc(Br)c(N2C(=O)c3ccccc3C2=O)c([N+](=O)[O-])c1. The third kappa shape index (κ3) is 2.26. The van der Waals surface area contributed by atoms with Gasteiger partial charge in [0.1, 0.15) is 5.69 Å². The minimum absolute atomic E-state index is 0.0417. The van der Waals surface area contributed by atoms with Crippen LogP contribution in [0.4, 0.5) is 11.4 Å². The topological polar surface area (TPSA) is 124 Å². The molecule has 0 saturated heterocycles. The standard InChI is InChI=1S/C15H8BrN3O5/c16-10-5-7(13(17)20)6-11(19(23)24)12(10)18-14(21)8-3-1-2-4-9(8)15(18)22/h1-6H,(H2,17,20). The highest BCUT2D eigenvalue weighted by atomic mass is 79.9. The summed E-state index contributed by atoms with van der Waals surface area (Å²) in [7, 11) is 0. The summed E-state index contributed by atoms with van der Waals surface area (Å²) in [6.07, 6.45) is 0. The quantitative estimate of drug-likeness (QED) is 0.489. The fourth-order valence-electron chi connectivity index (χ4n) is 2.48. The number of nitrogens with zero attached hydrogens (tertiary/aromatic N) is 2. The number of primary amides is 1. The summed E-state index contributed by atoms with van der Waals surface area (Å²) < 4.78 is 0.0417. The smallest absolute Gasteiger partial charge is 0.295 e. The number of hydrogen-bond acceptors (Lipinski definition) is 5. The van der Waals surface area contributed by atoms with Crippen molar-refractivity contribution in [3.63, 3.8) is 0 Å². The summed E-state index contributed by atoms with van der Waals surface area (Å²) in [5.74, 6) is -2.22. The van der Waals surface area contributed by atoms with Crippen LogP contribution in [0.1, 0.15) is 31.1 Å². The van der Waals surface area contributed by atoms with E-state index in [2.05, 4.69) is 15.9 Å². The van der Waals surface area contributed by atoms with Gasteiger partial charge in [-0.1, -0.05) is 12.1 Å². The number of nitro benzene ring substituents is 1. The largest absolute Gasteiger partial charge is 0.366 e. The maximum Gasteiger partial charge on any atom is 0.295 e. The van der Waals surface area contributed by atoms with Gasteiger partial charge in [-0.15, -0.1) is 0 Å². The van der Waals surface area contributed by atoms with Crippen LogP contribution in [-0.4, -0.2) is 22.6 Å². The molecule has 2 aromatic carbocycles. The highest BCUT2D eigenvalue weighted by Crippen LogP contribution is 2.40. The number of rotatable bonds is 3. The van der Waals surface area contributed by atoms with Gasteiger partial charge < -0.3 is 5.73 Å². The van der Waals surface area contributed by atoms with Crippen molar-refractivity contribution < 1.29 is 19.3 Å². The maximum atomic E-state index is 12.5. The fraction of sp³-hybridized carbons (Fsp3) is 0. The number of halogens is 1. The Labute approximate surface area is 143 Å². The lowest BCUT2D eigenvalue weighted by Crippen LogP contribution is -2.30. The Balaban J connectivity index is 2.24. The molecule has 3 rings (SSSR count). The Bertz CT molecular complexity index is 906. The summed E-state index contributed by atoms with van der Waals surface area (Å²) in [4.78, 5) is 47.7. The predicted octanol–water partition coefficient (Wildman–Crippen LogP) is 2.26. The molecule has 1 aliphatic rings. The molecule has 0 fully saturated rings. The van der Waals surface area contributed by atoms with E-state index >= 15 is 0 Å². The third-order valence-electron chi connectivity index (χ3n) is 3.54. The van der Waals surface area contributed by atoms with Gasteiger partial charge >= 0.3 is 0 Å². The number of hydrogen-bond donors (Lipinski definition) is 1. The van der Waals surface area contributed by atoms with Crippen molar-refractivity contribution in [2.45, 2.75) is 0 Å². The molecule has 0 aromatic heterocycles. The number of carbonyl (C=O) groups is 3. The molecule has 24 heavy (non-hydrogen) atoms. The second-order valence-corrected chi connectivity index (χ2v) is 5.79. The number of amides is 3. The number of carbonyl (C=O) groups excluding carboxylic acids is 3. The lowest BCUT2D eigenvalue weighted by atomic mass is 10.1. The Hall–Kier alpha value is -3.07. The summed E-state index contributed by atoms with van der Waals surface area (Å²) in [6.45, 7) is 0. The van der Waals surface area contributed by atoms with Crippen LogP contribution in [0.25, 0.3) is 0 Å². The van der Waals surface area contributed by atoms with Gasteiger partial charge in [-0.05, 0) is 34.1 Å². The average Bonchev–Trinajstić information content (AvgIpc) is 2.78. The van der Waals surface area contributed by atoms with Crippen LogP contribution in [0.2, 0.25) is 0 Å². The van der Waals surface area contributed by atoms with Gasteiger partial charge in [-0.25, -0.2) is 4.90 Å². The zero-order valence-electron chi connectivity index (χ0n) is 11.9. The van der Waals surface area contributed by atoms with Gasteiger partial charge in [0.05, 0.1) is 16.1 Å². The molecule has 3 amide bonds. The number of nitrogens with two attached hydrogens (primary N) is 1. The van der Waals surface area contributed by atoms with Crippen LogP contribution in [0.5, 0.6) is 0 Å². The van der Waals surface area contributed by atoms with E-state index in [4.69, 9.17) is 5.73 Å². The zero-order chi connectivity index (χ0) is 17.6. The van der Waals surface area contributed by atoms with Gasteiger partial charge in [0.15, 0.2) is 0 Å². The Morgan fingerprint density at radius 3 is 2.12 bits per heavy atom. The van der Waals surface area contributed by atoms with E-state index in [1.807, 2.05) is 0 Å². The van der Waals surface area contributed by atoms with Crippen molar-refractivity contribution in [2.24, 2.45) is 5.73 Å². The molecule has 0 unspecified atom stereocenters. The first-order valence-electron chi connectivity index (χ1n) is 6.58. The molecule has 0 spiro atoms. The molecule has 8 nitrogen and oxygen atoms in total. The Morgan fingerprint density at radius 2 is 1.67 bits per heavy atom. The van der Waals surface area contributed by atoms with Crippen LogP contribution >= 0.6 is 15.9 Å². The molecule has 2 N–H and O–H groups in total. The first-order chi connectivity index (χ1) is 11.3. The molecule has 0 saturated carbocycles. The average molecular weight is 390 g/mol. The molecule has 120 valence electrons. The molecule has 9 heteroatoms. The van der Waals surface area contributed by atoms with Crippen LogP contribution in [-0.2, 0) is 0 Å². The van der Waals surface area contributed by atoms with Gasteiger partial charge in [-0.2, -0.15) is 0 Å². The molecule has 0 radical (unpaired) electrons. The number of benzene rings is 2. The van der Waals surface area contributed by atoms with Crippen molar-refractivity contribution in [1.82, 2.24) is 0 Å². The van der Waals surface area contributed by atoms with Crippen molar-refractivity contribution >= 4 is 45.0 Å². The third-order valence-corrected chi connectivity index (χ3v) is 4.15. The van der Waals surface area contributed by atoms with Gasteiger partial charge in [0.2, 0.25) is 5.91 Å². The molecule has 2 aromatic rings. The van der Waals surface area contributed by atoms with Crippen molar-refractivity contribution in [1.29, 1.82) is 0 Å². The van der Waals surface area contributed by atoms with Gasteiger partial charge in [-0.3, -0.25) is 24.5 Å². The fourth-order valence-corrected chi connectivity index (χ4v) is 3.11. The highest BCUT2D eigenvalue weighted by Gasteiger charge is 2.41. The first kappa shape index (κ1) is 15.8. The number of nitro groups is 1. The second kappa shape index (κ2) is 5.53. The molecule has 0 bridgehead atoms. The molecule has 1 aliphatic heterocycles. The monoisotopic (exact) mass is 389 g/mol. The van der Waals surface area contributed by atoms with E-state index < -0.39 is 28.3 Å². The first-order valence-corrected chi connectivity index (χ1v) is 7.37. The Kier molecular flexibility index (Phi) is 3.64. The maximum absolute atomic E-state index is 12.5. The number of imide groups is 1. The molecule has 1 heterocycles. The molecular weight excluding hydrogens is 382 g/mol.